The molecule has 1 saturated carbocycles. The summed E-state index contributed by atoms with van der Waals surface area (Å²) in [7, 11) is 0. The molecule has 1 fully saturated rings. The number of hydrazine groups is 1. The molecule has 1 aromatic heterocycles. The lowest BCUT2D eigenvalue weighted by atomic mass is 9.96. The topological polar surface area (TPSA) is 50.9 Å². The molecular weight excluding hydrogens is 186 g/mol. The van der Waals surface area contributed by atoms with E-state index in [4.69, 9.17) is 5.84 Å². The molecule has 82 valence electrons. The van der Waals surface area contributed by atoms with Crippen LogP contribution in [0.4, 0.5) is 0 Å². The van der Waals surface area contributed by atoms with E-state index in [0.717, 1.165) is 18.0 Å². The van der Waals surface area contributed by atoms with Gasteiger partial charge in [-0.25, -0.2) is 0 Å². The summed E-state index contributed by atoms with van der Waals surface area (Å²) in [5.74, 6) is 6.42. The summed E-state index contributed by atoms with van der Waals surface area (Å²) < 4.78 is 0. The van der Waals surface area contributed by atoms with Gasteiger partial charge in [-0.3, -0.25) is 16.3 Å². The molecule has 0 saturated heterocycles. The van der Waals surface area contributed by atoms with E-state index in [0.29, 0.717) is 0 Å². The molecule has 0 bridgehead atoms. The minimum Gasteiger partial charge on any atom is -0.271 e. The van der Waals surface area contributed by atoms with Gasteiger partial charge in [0.25, 0.3) is 0 Å². The number of nitrogens with one attached hydrogen (secondary N) is 1. The highest BCUT2D eigenvalue weighted by Gasteiger charge is 2.20. The van der Waals surface area contributed by atoms with Crippen molar-refractivity contribution >= 4 is 0 Å². The number of hydrogen-bond acceptors (Lipinski definition) is 3. The molecule has 15 heavy (non-hydrogen) atoms. The second kappa shape index (κ2) is 5.24. The van der Waals surface area contributed by atoms with Gasteiger partial charge in [0.15, 0.2) is 0 Å². The molecule has 2 rings (SSSR count). The largest absolute Gasteiger partial charge is 0.271 e. The summed E-state index contributed by atoms with van der Waals surface area (Å²) >= 11 is 0. The second-order valence-electron chi connectivity index (χ2n) is 4.36. The number of nitrogens with two attached hydrogens (primary N) is 1. The fraction of sp³-hybridized carbons (Fsp3) is 0.583. The Morgan fingerprint density at radius 2 is 2.20 bits per heavy atom. The van der Waals surface area contributed by atoms with Gasteiger partial charge < -0.3 is 0 Å². The Morgan fingerprint density at radius 1 is 1.40 bits per heavy atom. The number of aromatic nitrogens is 1. The minimum absolute atomic E-state index is 0.217. The van der Waals surface area contributed by atoms with Gasteiger partial charge in [-0.2, -0.15) is 0 Å². The second-order valence-corrected chi connectivity index (χ2v) is 4.36. The van der Waals surface area contributed by atoms with Crippen LogP contribution in [-0.4, -0.2) is 4.98 Å². The van der Waals surface area contributed by atoms with Crippen LogP contribution in [0.5, 0.6) is 0 Å². The molecule has 0 radical (unpaired) electrons. The van der Waals surface area contributed by atoms with Gasteiger partial charge in [0, 0.05) is 6.20 Å². The molecule has 3 heteroatoms. The van der Waals surface area contributed by atoms with Crippen LogP contribution in [-0.2, 0) is 0 Å². The van der Waals surface area contributed by atoms with Gasteiger partial charge in [-0.1, -0.05) is 31.7 Å². The van der Waals surface area contributed by atoms with Gasteiger partial charge in [-0.15, -0.1) is 0 Å². The number of nitrogens with zero attached hydrogens (tertiary/aromatic N) is 1. The van der Waals surface area contributed by atoms with Crippen LogP contribution in [0, 0.1) is 5.92 Å². The third-order valence-electron chi connectivity index (χ3n) is 3.29. The lowest BCUT2D eigenvalue weighted by Gasteiger charge is -2.18. The summed E-state index contributed by atoms with van der Waals surface area (Å²) in [5, 5.41) is 0. The van der Waals surface area contributed by atoms with E-state index >= 15 is 0 Å². The fourth-order valence-electron chi connectivity index (χ4n) is 2.44. The molecule has 3 nitrogen and oxygen atoms in total. The Morgan fingerprint density at radius 3 is 2.80 bits per heavy atom. The monoisotopic (exact) mass is 205 g/mol. The van der Waals surface area contributed by atoms with Crippen molar-refractivity contribution in [1.82, 2.24) is 10.4 Å². The summed E-state index contributed by atoms with van der Waals surface area (Å²) in [6.07, 6.45) is 8.41. The normalized spacial score (nSPS) is 19.3. The maximum absolute atomic E-state index is 5.59. The fourth-order valence-corrected chi connectivity index (χ4v) is 2.44. The van der Waals surface area contributed by atoms with Crippen LogP contribution in [0.3, 0.4) is 0 Å². The minimum atomic E-state index is 0.217. The lowest BCUT2D eigenvalue weighted by molar-refractivity contribution is 0.394. The van der Waals surface area contributed by atoms with Gasteiger partial charge in [0.05, 0.1) is 11.7 Å². The smallest absolute Gasteiger partial charge is 0.0634 e. The van der Waals surface area contributed by atoms with E-state index < -0.39 is 0 Å². The van der Waals surface area contributed by atoms with Crippen LogP contribution >= 0.6 is 0 Å². The maximum Gasteiger partial charge on any atom is 0.0634 e. The first-order valence-corrected chi connectivity index (χ1v) is 5.77. The van der Waals surface area contributed by atoms with Crippen molar-refractivity contribution in [3.05, 3.63) is 30.1 Å². The first-order chi connectivity index (χ1) is 7.40. The standard InChI is InChI=1S/C12H19N3/c13-15-12(9-10-5-1-2-6-10)11-7-3-4-8-14-11/h3-4,7-8,10,12,15H,1-2,5-6,9,13H2. The molecule has 1 aromatic rings. The highest BCUT2D eigenvalue weighted by molar-refractivity contribution is 5.08. The number of pyridine rings is 1. The highest BCUT2D eigenvalue weighted by Crippen LogP contribution is 2.31. The predicted octanol–water partition coefficient (Wildman–Crippen LogP) is 2.17. The average Bonchev–Trinajstić information content (AvgIpc) is 2.80. The van der Waals surface area contributed by atoms with Crippen molar-refractivity contribution < 1.29 is 0 Å². The third-order valence-corrected chi connectivity index (χ3v) is 3.29. The Balaban J connectivity index is 1.97. The molecule has 1 unspecified atom stereocenters. The molecule has 0 amide bonds. The van der Waals surface area contributed by atoms with E-state index in [9.17, 15) is 0 Å². The van der Waals surface area contributed by atoms with Gasteiger partial charge in [0.1, 0.15) is 0 Å². The van der Waals surface area contributed by atoms with Crippen molar-refractivity contribution in [1.29, 1.82) is 0 Å². The third kappa shape index (κ3) is 2.76. The van der Waals surface area contributed by atoms with Crippen molar-refractivity contribution in [2.45, 2.75) is 38.1 Å². The molecule has 3 N–H and O–H groups in total. The SMILES string of the molecule is NNC(CC1CCCC1)c1ccccn1. The van der Waals surface area contributed by atoms with Crippen molar-refractivity contribution in [2.24, 2.45) is 11.8 Å². The van der Waals surface area contributed by atoms with Crippen molar-refractivity contribution in [3.63, 3.8) is 0 Å². The first-order valence-electron chi connectivity index (χ1n) is 5.77. The quantitative estimate of drug-likeness (QED) is 0.585. The molecular formula is C12H19N3. The van der Waals surface area contributed by atoms with E-state index in [1.165, 1.54) is 25.7 Å². The summed E-state index contributed by atoms with van der Waals surface area (Å²) in [4.78, 5) is 4.35. The number of hydrogen-bond donors (Lipinski definition) is 2. The number of rotatable bonds is 4. The highest BCUT2D eigenvalue weighted by atomic mass is 15.2. The van der Waals surface area contributed by atoms with E-state index in [2.05, 4.69) is 10.4 Å². The van der Waals surface area contributed by atoms with Gasteiger partial charge in [-0.05, 0) is 24.5 Å². The summed E-state index contributed by atoms with van der Waals surface area (Å²) in [6, 6.07) is 6.21. The Hall–Kier alpha value is -0.930. The summed E-state index contributed by atoms with van der Waals surface area (Å²) in [6.45, 7) is 0. The molecule has 0 aromatic carbocycles. The van der Waals surface area contributed by atoms with Crippen LogP contribution in [0.25, 0.3) is 0 Å². The van der Waals surface area contributed by atoms with Crippen LogP contribution in [0.2, 0.25) is 0 Å². The Labute approximate surface area is 91.1 Å². The van der Waals surface area contributed by atoms with E-state index in [1.807, 2.05) is 24.4 Å². The van der Waals surface area contributed by atoms with Gasteiger partial charge in [0.2, 0.25) is 0 Å². The molecule has 1 atom stereocenters. The molecule has 1 aliphatic rings. The first kappa shape index (κ1) is 10.6. The zero-order valence-electron chi connectivity index (χ0n) is 9.02. The van der Waals surface area contributed by atoms with Gasteiger partial charge >= 0.3 is 0 Å². The zero-order valence-corrected chi connectivity index (χ0v) is 9.02. The Kier molecular flexibility index (Phi) is 3.69. The molecule has 0 aliphatic heterocycles. The lowest BCUT2D eigenvalue weighted by Crippen LogP contribution is -2.30. The maximum atomic E-state index is 5.59. The van der Waals surface area contributed by atoms with Crippen molar-refractivity contribution in [3.8, 4) is 0 Å². The van der Waals surface area contributed by atoms with Crippen molar-refractivity contribution in [2.75, 3.05) is 0 Å². The Bertz CT molecular complexity index is 280. The molecule has 0 spiro atoms. The average molecular weight is 205 g/mol. The van der Waals surface area contributed by atoms with Crippen LogP contribution in [0.1, 0.15) is 43.8 Å². The van der Waals surface area contributed by atoms with E-state index in [-0.39, 0.29) is 6.04 Å². The predicted molar refractivity (Wildman–Crippen MR) is 60.9 cm³/mol. The summed E-state index contributed by atoms with van der Waals surface area (Å²) in [5.41, 5.74) is 3.94. The van der Waals surface area contributed by atoms with E-state index in [1.54, 1.807) is 0 Å². The van der Waals surface area contributed by atoms with Crippen LogP contribution in [0.15, 0.2) is 24.4 Å². The van der Waals surface area contributed by atoms with Crippen LogP contribution < -0.4 is 11.3 Å². The zero-order chi connectivity index (χ0) is 10.5. The molecule has 1 heterocycles. The molecule has 1 aliphatic carbocycles.